The van der Waals surface area contributed by atoms with Gasteiger partial charge in [-0.2, -0.15) is 0 Å². The van der Waals surface area contributed by atoms with Crippen LogP contribution in [0.5, 0.6) is 0 Å². The summed E-state index contributed by atoms with van der Waals surface area (Å²) in [6.07, 6.45) is 0. The van der Waals surface area contributed by atoms with Crippen LogP contribution in [-0.4, -0.2) is 0 Å². The van der Waals surface area contributed by atoms with Gasteiger partial charge < -0.3 is 37.1 Å². The molecule has 6 N–H and O–H groups in total. The van der Waals surface area contributed by atoms with Crippen LogP contribution in [0.4, 0.5) is 0 Å². The van der Waals surface area contributed by atoms with Crippen molar-refractivity contribution in [3.63, 3.8) is 0 Å². The maximum atomic E-state index is 0. The van der Waals surface area contributed by atoms with E-state index in [2.05, 4.69) is 0 Å². The average molecular weight is 337 g/mol. The van der Waals surface area contributed by atoms with E-state index in [4.69, 9.17) is 0 Å². The van der Waals surface area contributed by atoms with E-state index in [1.807, 2.05) is 0 Å². The van der Waals surface area contributed by atoms with Crippen LogP contribution in [0.1, 0.15) is 0 Å². The molecule has 2 nitrogen and oxygen atoms in total. The Balaban J connectivity index is 0. The Labute approximate surface area is 70.5 Å². The molecule has 0 saturated heterocycles. The minimum absolute atomic E-state index is 0. The molecule has 0 rings (SSSR count). The molecule has 6 heavy (non-hydrogen) atoms. The zero-order valence-electron chi connectivity index (χ0n) is 2.89. The summed E-state index contributed by atoms with van der Waals surface area (Å²) in [4.78, 5) is 0. The zero-order valence-corrected chi connectivity index (χ0v) is 7.50. The molecule has 0 fully saturated rings. The van der Waals surface area contributed by atoms with Crippen LogP contribution in [0, 0.1) is 0 Å². The van der Waals surface area contributed by atoms with Gasteiger partial charge >= 0.3 is 21.1 Å². The van der Waals surface area contributed by atoms with Crippen LogP contribution >= 0.6 is 12.4 Å². The first-order valence-electron chi connectivity index (χ1n) is 0. The average Bonchev–Trinajstić information content (AvgIpc) is 0. The third-order valence-corrected chi connectivity index (χ3v) is 0. The largest absolute Gasteiger partial charge is 2.00 e. The maximum Gasteiger partial charge on any atom is 2.00 e. The Bertz CT molecular complexity index is 8.75. The Morgan fingerprint density at radius 1 is 0.667 bits per heavy atom. The summed E-state index contributed by atoms with van der Waals surface area (Å²) in [6, 6.07) is 0. The van der Waals surface area contributed by atoms with Gasteiger partial charge in [-0.3, -0.25) is 0 Å². The minimum atomic E-state index is 0. The molecular formula is H7Cl3N2Pt. The molecule has 0 bridgehead atoms. The summed E-state index contributed by atoms with van der Waals surface area (Å²) in [5.74, 6) is 0. The summed E-state index contributed by atoms with van der Waals surface area (Å²) in [5, 5.41) is 0. The van der Waals surface area contributed by atoms with Gasteiger partial charge in [0.1, 0.15) is 0 Å². The number of hydrogen-bond donors (Lipinski definition) is 2. The molecule has 0 aliphatic heterocycles. The molecule has 0 radical (unpaired) electrons. The molecule has 0 saturated carbocycles. The molecule has 6 heteroatoms. The Hall–Kier alpha value is 1.48. The monoisotopic (exact) mass is 335 g/mol. The van der Waals surface area contributed by atoms with Gasteiger partial charge in [-0.1, -0.05) is 0 Å². The number of halogens is 3. The molecule has 48 valence electrons. The molecule has 0 aliphatic carbocycles. The summed E-state index contributed by atoms with van der Waals surface area (Å²) >= 11 is 0. The molecule has 0 heterocycles. The molecule has 0 atom stereocenters. The van der Waals surface area contributed by atoms with Crippen molar-refractivity contribution in [1.29, 1.82) is 0 Å². The van der Waals surface area contributed by atoms with E-state index in [0.717, 1.165) is 0 Å². The summed E-state index contributed by atoms with van der Waals surface area (Å²) in [6.45, 7) is 0. The maximum absolute atomic E-state index is 0. The van der Waals surface area contributed by atoms with Crippen molar-refractivity contribution in [3.8, 4) is 0 Å². The van der Waals surface area contributed by atoms with E-state index in [1.54, 1.807) is 0 Å². The molecule has 0 aromatic heterocycles. The van der Waals surface area contributed by atoms with E-state index in [1.165, 1.54) is 0 Å². The summed E-state index contributed by atoms with van der Waals surface area (Å²) in [7, 11) is 0. The Morgan fingerprint density at radius 2 is 0.667 bits per heavy atom. The molecular weight excluding hydrogens is 329 g/mol. The molecule has 0 aliphatic rings. The first-order chi connectivity index (χ1) is 0. The standard InChI is InChI=1S/3ClH.2H3N.Pt/h3*1H;2*1H3;/q;;;;;+2/p-2. The first-order valence-corrected chi connectivity index (χ1v) is 0. The molecule has 0 aromatic carbocycles. The quantitative estimate of drug-likeness (QED) is 0.464. The molecule has 0 spiro atoms. The minimum Gasteiger partial charge on any atom is -1.00 e. The SMILES string of the molecule is Cl.N.N.[Cl-].[Cl-].[Pt+2]. The van der Waals surface area contributed by atoms with Gasteiger partial charge in [0.2, 0.25) is 0 Å². The van der Waals surface area contributed by atoms with E-state index in [0.29, 0.717) is 0 Å². The number of hydrogen-bond acceptors (Lipinski definition) is 2. The molecule has 0 unspecified atom stereocenters. The van der Waals surface area contributed by atoms with E-state index in [-0.39, 0.29) is 70.6 Å². The van der Waals surface area contributed by atoms with Crippen LogP contribution in [-0.2, 0) is 21.1 Å². The fourth-order valence-electron chi connectivity index (χ4n) is 0. The van der Waals surface area contributed by atoms with Crippen molar-refractivity contribution in [2.45, 2.75) is 0 Å². The Kier molecular flexibility index (Phi) is 2130. The van der Waals surface area contributed by atoms with Crippen molar-refractivity contribution in [3.05, 3.63) is 0 Å². The van der Waals surface area contributed by atoms with Crippen molar-refractivity contribution >= 4 is 12.4 Å². The summed E-state index contributed by atoms with van der Waals surface area (Å²) in [5.41, 5.74) is 0. The van der Waals surface area contributed by atoms with Gasteiger partial charge in [0.25, 0.3) is 0 Å². The normalized spacial score (nSPS) is 0. The van der Waals surface area contributed by atoms with Crippen LogP contribution in [0.3, 0.4) is 0 Å². The van der Waals surface area contributed by atoms with E-state index >= 15 is 0 Å². The summed E-state index contributed by atoms with van der Waals surface area (Å²) < 4.78 is 0. The van der Waals surface area contributed by atoms with Gasteiger partial charge in [-0.15, -0.1) is 12.4 Å². The fraction of sp³-hybridized carbons (Fsp3) is 0. The van der Waals surface area contributed by atoms with Crippen LogP contribution < -0.4 is 37.1 Å². The van der Waals surface area contributed by atoms with Crippen LogP contribution in [0.25, 0.3) is 0 Å². The zero-order chi connectivity index (χ0) is 0. The second-order valence-corrected chi connectivity index (χ2v) is 0. The van der Waals surface area contributed by atoms with Gasteiger partial charge in [0.15, 0.2) is 0 Å². The van der Waals surface area contributed by atoms with Gasteiger partial charge in [0.05, 0.1) is 0 Å². The van der Waals surface area contributed by atoms with Gasteiger partial charge in [-0.05, 0) is 0 Å². The predicted molar refractivity (Wildman–Crippen MR) is 17.3 cm³/mol. The van der Waals surface area contributed by atoms with Crippen LogP contribution in [0.2, 0.25) is 0 Å². The van der Waals surface area contributed by atoms with E-state index in [9.17, 15) is 0 Å². The Morgan fingerprint density at radius 3 is 0.667 bits per heavy atom. The third kappa shape index (κ3) is 50.3. The second kappa shape index (κ2) is 89.0. The first kappa shape index (κ1) is 144. The van der Waals surface area contributed by atoms with E-state index < -0.39 is 0 Å². The fourth-order valence-corrected chi connectivity index (χ4v) is 0. The third-order valence-electron chi connectivity index (χ3n) is 0. The molecule has 0 amide bonds. The van der Waals surface area contributed by atoms with Crippen molar-refractivity contribution < 1.29 is 45.9 Å². The molecule has 0 aromatic rings. The van der Waals surface area contributed by atoms with Crippen molar-refractivity contribution in [1.82, 2.24) is 12.3 Å². The predicted octanol–water partition coefficient (Wildman–Crippen LogP) is -5.25. The second-order valence-electron chi connectivity index (χ2n) is 0. The van der Waals surface area contributed by atoms with Crippen LogP contribution in [0.15, 0.2) is 0 Å². The topological polar surface area (TPSA) is 70.0 Å². The smallest absolute Gasteiger partial charge is 1.00 e. The van der Waals surface area contributed by atoms with Gasteiger partial charge in [0, 0.05) is 0 Å². The van der Waals surface area contributed by atoms with Crippen molar-refractivity contribution in [2.75, 3.05) is 0 Å². The van der Waals surface area contributed by atoms with Crippen molar-refractivity contribution in [2.24, 2.45) is 0 Å². The number of rotatable bonds is 0. The van der Waals surface area contributed by atoms with Gasteiger partial charge in [-0.25, -0.2) is 0 Å².